The molecule has 0 heterocycles. The van der Waals surface area contributed by atoms with Gasteiger partial charge < -0.3 is 0 Å². The summed E-state index contributed by atoms with van der Waals surface area (Å²) in [5, 5.41) is 11.5. The maximum atomic E-state index is 9.33. The van der Waals surface area contributed by atoms with Crippen molar-refractivity contribution in [2.75, 3.05) is 0 Å². The summed E-state index contributed by atoms with van der Waals surface area (Å²) in [4.78, 5) is 0. The smallest absolute Gasteiger partial charge is 0.100 e. The summed E-state index contributed by atoms with van der Waals surface area (Å²) in [5.74, 6) is 0. The van der Waals surface area contributed by atoms with E-state index in [0.29, 0.717) is 0 Å². The lowest BCUT2D eigenvalue weighted by molar-refractivity contribution is 0.589. The Kier molecular flexibility index (Phi) is 2.44. The zero-order valence-electron chi connectivity index (χ0n) is 9.91. The third kappa shape index (κ3) is 1.67. The lowest BCUT2D eigenvalue weighted by Crippen LogP contribution is -2.13. The van der Waals surface area contributed by atoms with Gasteiger partial charge in [0.05, 0.1) is 5.56 Å². The molecule has 80 valence electrons. The number of rotatable bonds is 0. The summed E-state index contributed by atoms with van der Waals surface area (Å²) in [7, 11) is 0. The molecule has 0 saturated carbocycles. The van der Waals surface area contributed by atoms with E-state index in [0.717, 1.165) is 21.9 Å². The van der Waals surface area contributed by atoms with Crippen LogP contribution < -0.4 is 0 Å². The number of nitriles is 1. The van der Waals surface area contributed by atoms with Gasteiger partial charge in [0.15, 0.2) is 0 Å². The highest BCUT2D eigenvalue weighted by atomic mass is 14.3. The molecule has 0 aliphatic rings. The van der Waals surface area contributed by atoms with Crippen molar-refractivity contribution < 1.29 is 0 Å². The monoisotopic (exact) mass is 209 g/mol. The number of hydrogen-bond donors (Lipinski definition) is 0. The first-order valence-electron chi connectivity index (χ1n) is 5.46. The second-order valence-corrected chi connectivity index (χ2v) is 5.07. The Hall–Kier alpha value is -1.81. The molecule has 0 unspecified atom stereocenters. The van der Waals surface area contributed by atoms with Crippen molar-refractivity contribution in [2.45, 2.75) is 26.2 Å². The molecule has 0 fully saturated rings. The van der Waals surface area contributed by atoms with Crippen LogP contribution in [0.15, 0.2) is 36.4 Å². The summed E-state index contributed by atoms with van der Waals surface area (Å²) in [6.07, 6.45) is 0. The molecule has 0 radical (unpaired) electrons. The van der Waals surface area contributed by atoms with Gasteiger partial charge in [-0.1, -0.05) is 57.2 Å². The normalized spacial score (nSPS) is 11.4. The van der Waals surface area contributed by atoms with Crippen molar-refractivity contribution >= 4 is 10.8 Å². The molecule has 0 spiro atoms. The number of hydrogen-bond acceptors (Lipinski definition) is 1. The van der Waals surface area contributed by atoms with Crippen LogP contribution in [0.3, 0.4) is 0 Å². The molecule has 1 nitrogen and oxygen atoms in total. The highest BCUT2D eigenvalue weighted by Gasteiger charge is 2.19. The zero-order valence-corrected chi connectivity index (χ0v) is 9.91. The van der Waals surface area contributed by atoms with E-state index in [1.165, 1.54) is 0 Å². The van der Waals surface area contributed by atoms with Gasteiger partial charge in [-0.3, -0.25) is 0 Å². The van der Waals surface area contributed by atoms with Gasteiger partial charge in [-0.05, 0) is 21.8 Å². The van der Waals surface area contributed by atoms with E-state index in [2.05, 4.69) is 39.0 Å². The van der Waals surface area contributed by atoms with E-state index in [1.807, 2.05) is 24.3 Å². The van der Waals surface area contributed by atoms with E-state index in [-0.39, 0.29) is 5.41 Å². The first kappa shape index (κ1) is 10.7. The second kappa shape index (κ2) is 3.64. The molecule has 0 N–H and O–H groups in total. The van der Waals surface area contributed by atoms with Crippen molar-refractivity contribution in [3.05, 3.63) is 47.5 Å². The molecular weight excluding hydrogens is 194 g/mol. The van der Waals surface area contributed by atoms with E-state index in [9.17, 15) is 5.26 Å². The first-order chi connectivity index (χ1) is 7.54. The Bertz CT molecular complexity index is 568. The van der Waals surface area contributed by atoms with Crippen LogP contribution in [0.5, 0.6) is 0 Å². The molecule has 0 saturated heterocycles. The molecule has 2 aromatic rings. The lowest BCUT2D eigenvalue weighted by atomic mass is 9.82. The average Bonchev–Trinajstić information content (AvgIpc) is 2.26. The Labute approximate surface area is 96.3 Å². The predicted octanol–water partition coefficient (Wildman–Crippen LogP) is 4.01. The SMILES string of the molecule is CC(C)(C)c1ccc2ccccc2c1C#N. The minimum absolute atomic E-state index is 0.00902. The van der Waals surface area contributed by atoms with Gasteiger partial charge in [-0.2, -0.15) is 5.26 Å². The molecular formula is C15H15N. The average molecular weight is 209 g/mol. The van der Waals surface area contributed by atoms with Crippen LogP contribution in [0.25, 0.3) is 10.8 Å². The fourth-order valence-electron chi connectivity index (χ4n) is 2.02. The van der Waals surface area contributed by atoms with Crippen LogP contribution in [0.4, 0.5) is 0 Å². The highest BCUT2D eigenvalue weighted by Crippen LogP contribution is 2.30. The van der Waals surface area contributed by atoms with Crippen LogP contribution in [0, 0.1) is 11.3 Å². The van der Waals surface area contributed by atoms with Crippen molar-refractivity contribution in [1.82, 2.24) is 0 Å². The quantitative estimate of drug-likeness (QED) is 0.643. The summed E-state index contributed by atoms with van der Waals surface area (Å²) in [5.41, 5.74) is 1.94. The van der Waals surface area contributed by atoms with Crippen molar-refractivity contribution in [3.63, 3.8) is 0 Å². The largest absolute Gasteiger partial charge is 0.192 e. The van der Waals surface area contributed by atoms with Crippen molar-refractivity contribution in [3.8, 4) is 6.07 Å². The highest BCUT2D eigenvalue weighted by molar-refractivity contribution is 5.89. The Morgan fingerprint density at radius 3 is 2.31 bits per heavy atom. The maximum absolute atomic E-state index is 9.33. The van der Waals surface area contributed by atoms with Crippen molar-refractivity contribution in [1.29, 1.82) is 5.26 Å². The predicted molar refractivity (Wildman–Crippen MR) is 67.4 cm³/mol. The van der Waals surface area contributed by atoms with Gasteiger partial charge in [0, 0.05) is 0 Å². The van der Waals surface area contributed by atoms with Gasteiger partial charge in [-0.25, -0.2) is 0 Å². The van der Waals surface area contributed by atoms with E-state index >= 15 is 0 Å². The Morgan fingerprint density at radius 2 is 1.69 bits per heavy atom. The number of benzene rings is 2. The second-order valence-electron chi connectivity index (χ2n) is 5.07. The minimum Gasteiger partial charge on any atom is -0.192 e. The molecule has 2 aromatic carbocycles. The van der Waals surface area contributed by atoms with E-state index in [1.54, 1.807) is 0 Å². The van der Waals surface area contributed by atoms with E-state index in [4.69, 9.17) is 0 Å². The maximum Gasteiger partial charge on any atom is 0.100 e. The topological polar surface area (TPSA) is 23.8 Å². The van der Waals surface area contributed by atoms with Crippen LogP contribution in [0.2, 0.25) is 0 Å². The Morgan fingerprint density at radius 1 is 1.00 bits per heavy atom. The molecule has 0 aromatic heterocycles. The van der Waals surface area contributed by atoms with Crippen LogP contribution >= 0.6 is 0 Å². The first-order valence-corrected chi connectivity index (χ1v) is 5.46. The van der Waals surface area contributed by atoms with Gasteiger partial charge in [0.2, 0.25) is 0 Å². The summed E-state index contributed by atoms with van der Waals surface area (Å²) >= 11 is 0. The number of fused-ring (bicyclic) bond motifs is 1. The molecule has 1 heteroatoms. The van der Waals surface area contributed by atoms with Gasteiger partial charge in [-0.15, -0.1) is 0 Å². The summed E-state index contributed by atoms with van der Waals surface area (Å²) in [6, 6.07) is 14.6. The number of nitrogens with zero attached hydrogens (tertiary/aromatic N) is 1. The third-order valence-electron chi connectivity index (χ3n) is 2.85. The van der Waals surface area contributed by atoms with Crippen LogP contribution in [-0.4, -0.2) is 0 Å². The molecule has 0 aliphatic heterocycles. The third-order valence-corrected chi connectivity index (χ3v) is 2.85. The van der Waals surface area contributed by atoms with Crippen LogP contribution in [-0.2, 0) is 5.41 Å². The fraction of sp³-hybridized carbons (Fsp3) is 0.267. The van der Waals surface area contributed by atoms with Crippen molar-refractivity contribution in [2.24, 2.45) is 0 Å². The fourth-order valence-corrected chi connectivity index (χ4v) is 2.02. The van der Waals surface area contributed by atoms with Gasteiger partial charge in [0.25, 0.3) is 0 Å². The zero-order chi connectivity index (χ0) is 11.8. The lowest BCUT2D eigenvalue weighted by Gasteiger charge is -2.21. The minimum atomic E-state index is 0.00902. The van der Waals surface area contributed by atoms with Gasteiger partial charge >= 0.3 is 0 Å². The summed E-state index contributed by atoms with van der Waals surface area (Å²) in [6.45, 7) is 6.41. The molecule has 0 aliphatic carbocycles. The molecule has 16 heavy (non-hydrogen) atoms. The molecule has 0 atom stereocenters. The Balaban J connectivity index is 2.85. The van der Waals surface area contributed by atoms with Gasteiger partial charge in [0.1, 0.15) is 6.07 Å². The molecule has 0 bridgehead atoms. The molecule has 2 rings (SSSR count). The van der Waals surface area contributed by atoms with Crippen LogP contribution in [0.1, 0.15) is 31.9 Å². The molecule has 0 amide bonds. The summed E-state index contributed by atoms with van der Waals surface area (Å²) < 4.78 is 0. The van der Waals surface area contributed by atoms with E-state index < -0.39 is 0 Å². The standard InChI is InChI=1S/C15H15N/c1-15(2,3)14-9-8-11-6-4-5-7-12(11)13(14)10-16/h4-9H,1-3H3.